The summed E-state index contributed by atoms with van der Waals surface area (Å²) in [7, 11) is 0. The number of nitrogens with one attached hydrogen (secondary N) is 1. The molecule has 4 heteroatoms. The van der Waals surface area contributed by atoms with Gasteiger partial charge in [-0.2, -0.15) is 0 Å². The van der Waals surface area contributed by atoms with Gasteiger partial charge >= 0.3 is 0 Å². The van der Waals surface area contributed by atoms with Crippen molar-refractivity contribution < 1.29 is 9.59 Å². The number of hydrogen-bond acceptors (Lipinski definition) is 2. The lowest BCUT2D eigenvalue weighted by molar-refractivity contribution is -0.140. The van der Waals surface area contributed by atoms with Crippen molar-refractivity contribution in [2.75, 3.05) is 0 Å². The highest BCUT2D eigenvalue weighted by Gasteiger charge is 2.28. The summed E-state index contributed by atoms with van der Waals surface area (Å²) < 4.78 is 0. The summed E-state index contributed by atoms with van der Waals surface area (Å²) in [5.74, 6) is -0.0299. The molecule has 4 nitrogen and oxygen atoms in total. The van der Waals surface area contributed by atoms with Crippen molar-refractivity contribution >= 4 is 11.8 Å². The Morgan fingerprint density at radius 1 is 0.964 bits per heavy atom. The van der Waals surface area contributed by atoms with Gasteiger partial charge in [0, 0.05) is 19.0 Å². The number of benzene rings is 2. The molecule has 1 N–H and O–H groups in total. The molecule has 0 heterocycles. The second-order valence-corrected chi connectivity index (χ2v) is 7.66. The van der Waals surface area contributed by atoms with E-state index >= 15 is 0 Å². The maximum absolute atomic E-state index is 13.0. The second kappa shape index (κ2) is 10.1. The van der Waals surface area contributed by atoms with Gasteiger partial charge in [-0.25, -0.2) is 0 Å². The van der Waals surface area contributed by atoms with Gasteiger partial charge in [0.25, 0.3) is 0 Å². The third kappa shape index (κ3) is 5.69. The van der Waals surface area contributed by atoms with E-state index in [-0.39, 0.29) is 17.9 Å². The quantitative estimate of drug-likeness (QED) is 0.752. The van der Waals surface area contributed by atoms with Gasteiger partial charge in [0.2, 0.25) is 11.8 Å². The summed E-state index contributed by atoms with van der Waals surface area (Å²) in [6.07, 6.45) is 5.50. The van der Waals surface area contributed by atoms with E-state index in [4.69, 9.17) is 0 Å². The van der Waals surface area contributed by atoms with Gasteiger partial charge in [0.05, 0.1) is 0 Å². The number of rotatable bonds is 8. The SMILES string of the molecule is CC(C(=O)NC1CCCC1)N(Cc1ccccc1)C(=O)CCc1ccccc1. The highest BCUT2D eigenvalue weighted by molar-refractivity contribution is 5.87. The van der Waals surface area contributed by atoms with Gasteiger partial charge in [0.15, 0.2) is 0 Å². The Kier molecular flexibility index (Phi) is 7.24. The fourth-order valence-electron chi connectivity index (χ4n) is 3.79. The minimum absolute atomic E-state index is 0.0155. The molecule has 1 atom stereocenters. The van der Waals surface area contributed by atoms with E-state index in [1.54, 1.807) is 4.90 Å². The normalized spacial score (nSPS) is 15.2. The molecule has 2 amide bonds. The molecular formula is C24H30N2O2. The van der Waals surface area contributed by atoms with Gasteiger partial charge in [-0.15, -0.1) is 0 Å². The van der Waals surface area contributed by atoms with E-state index in [1.165, 1.54) is 12.8 Å². The Morgan fingerprint density at radius 2 is 1.54 bits per heavy atom. The zero-order chi connectivity index (χ0) is 19.8. The van der Waals surface area contributed by atoms with E-state index in [0.29, 0.717) is 19.4 Å². The van der Waals surface area contributed by atoms with Crippen LogP contribution in [0.15, 0.2) is 60.7 Å². The third-order valence-electron chi connectivity index (χ3n) is 5.53. The van der Waals surface area contributed by atoms with E-state index in [1.807, 2.05) is 67.6 Å². The molecule has 1 aliphatic rings. The van der Waals surface area contributed by atoms with Crippen LogP contribution in [0.5, 0.6) is 0 Å². The monoisotopic (exact) mass is 378 g/mol. The maximum atomic E-state index is 13.0. The summed E-state index contributed by atoms with van der Waals surface area (Å²) in [5.41, 5.74) is 2.18. The summed E-state index contributed by atoms with van der Waals surface area (Å²) >= 11 is 0. The number of nitrogens with zero attached hydrogens (tertiary/aromatic N) is 1. The third-order valence-corrected chi connectivity index (χ3v) is 5.53. The molecule has 0 aliphatic heterocycles. The molecule has 0 bridgehead atoms. The van der Waals surface area contributed by atoms with Crippen LogP contribution in [0.2, 0.25) is 0 Å². The molecule has 0 saturated heterocycles. The molecule has 1 unspecified atom stereocenters. The molecule has 2 aromatic carbocycles. The van der Waals surface area contributed by atoms with Gasteiger partial charge in [-0.05, 0) is 37.3 Å². The van der Waals surface area contributed by atoms with Crippen LogP contribution in [-0.2, 0) is 22.6 Å². The highest BCUT2D eigenvalue weighted by Crippen LogP contribution is 2.19. The van der Waals surface area contributed by atoms with E-state index in [9.17, 15) is 9.59 Å². The fourth-order valence-corrected chi connectivity index (χ4v) is 3.79. The number of aryl methyl sites for hydroxylation is 1. The Morgan fingerprint density at radius 3 is 2.14 bits per heavy atom. The lowest BCUT2D eigenvalue weighted by Gasteiger charge is -2.30. The van der Waals surface area contributed by atoms with Gasteiger partial charge < -0.3 is 10.2 Å². The molecule has 2 aromatic rings. The van der Waals surface area contributed by atoms with Crippen molar-refractivity contribution in [2.24, 2.45) is 0 Å². The maximum Gasteiger partial charge on any atom is 0.242 e. The van der Waals surface area contributed by atoms with Gasteiger partial charge in [-0.1, -0.05) is 73.5 Å². The molecule has 148 valence electrons. The van der Waals surface area contributed by atoms with Crippen LogP contribution < -0.4 is 5.32 Å². The Hall–Kier alpha value is -2.62. The summed E-state index contributed by atoms with van der Waals surface area (Å²) in [6.45, 7) is 2.29. The minimum atomic E-state index is -0.482. The Bertz CT molecular complexity index is 755. The number of carbonyl (C=O) groups is 2. The Balaban J connectivity index is 1.67. The Labute approximate surface area is 167 Å². The predicted molar refractivity (Wildman–Crippen MR) is 112 cm³/mol. The molecule has 1 saturated carbocycles. The van der Waals surface area contributed by atoms with Crippen molar-refractivity contribution in [3.05, 3.63) is 71.8 Å². The highest BCUT2D eigenvalue weighted by atomic mass is 16.2. The van der Waals surface area contributed by atoms with Gasteiger partial charge in [-0.3, -0.25) is 9.59 Å². The van der Waals surface area contributed by atoms with Crippen LogP contribution in [-0.4, -0.2) is 28.8 Å². The average Bonchev–Trinajstić information content (AvgIpc) is 3.24. The first-order chi connectivity index (χ1) is 13.6. The molecule has 28 heavy (non-hydrogen) atoms. The van der Waals surface area contributed by atoms with Crippen LogP contribution in [0.1, 0.15) is 50.2 Å². The molecule has 0 aromatic heterocycles. The molecule has 1 fully saturated rings. The second-order valence-electron chi connectivity index (χ2n) is 7.66. The van der Waals surface area contributed by atoms with Crippen LogP contribution in [0.3, 0.4) is 0 Å². The topological polar surface area (TPSA) is 49.4 Å². The van der Waals surface area contributed by atoms with Crippen molar-refractivity contribution in [1.82, 2.24) is 10.2 Å². The lowest BCUT2D eigenvalue weighted by atomic mass is 10.1. The average molecular weight is 379 g/mol. The van der Waals surface area contributed by atoms with Crippen molar-refractivity contribution in [3.63, 3.8) is 0 Å². The zero-order valence-electron chi connectivity index (χ0n) is 16.6. The van der Waals surface area contributed by atoms with Crippen molar-refractivity contribution in [2.45, 2.75) is 64.1 Å². The molecular weight excluding hydrogens is 348 g/mol. The van der Waals surface area contributed by atoms with Crippen LogP contribution in [0.25, 0.3) is 0 Å². The van der Waals surface area contributed by atoms with Crippen LogP contribution in [0.4, 0.5) is 0 Å². The van der Waals surface area contributed by atoms with Crippen molar-refractivity contribution in [1.29, 1.82) is 0 Å². The molecule has 0 radical (unpaired) electrons. The van der Waals surface area contributed by atoms with Gasteiger partial charge in [0.1, 0.15) is 6.04 Å². The first kappa shape index (κ1) is 20.1. The lowest BCUT2D eigenvalue weighted by Crippen LogP contribution is -2.49. The molecule has 0 spiro atoms. The molecule has 1 aliphatic carbocycles. The number of amides is 2. The largest absolute Gasteiger partial charge is 0.352 e. The number of carbonyl (C=O) groups excluding carboxylic acids is 2. The minimum Gasteiger partial charge on any atom is -0.352 e. The molecule has 3 rings (SSSR count). The van der Waals surface area contributed by atoms with Crippen molar-refractivity contribution in [3.8, 4) is 0 Å². The van der Waals surface area contributed by atoms with E-state index < -0.39 is 6.04 Å². The first-order valence-electron chi connectivity index (χ1n) is 10.3. The van der Waals surface area contributed by atoms with Crippen LogP contribution in [0, 0.1) is 0 Å². The van der Waals surface area contributed by atoms with Crippen LogP contribution >= 0.6 is 0 Å². The first-order valence-corrected chi connectivity index (χ1v) is 10.3. The summed E-state index contributed by atoms with van der Waals surface area (Å²) in [4.78, 5) is 27.6. The predicted octanol–water partition coefficient (Wildman–Crippen LogP) is 4.10. The summed E-state index contributed by atoms with van der Waals surface area (Å²) in [6, 6.07) is 19.7. The smallest absolute Gasteiger partial charge is 0.242 e. The standard InChI is InChI=1S/C24H30N2O2/c1-19(24(28)25-22-14-8-9-15-22)26(18-21-12-6-3-7-13-21)23(27)17-16-20-10-4-2-5-11-20/h2-7,10-13,19,22H,8-9,14-18H2,1H3,(H,25,28). The van der Waals surface area contributed by atoms with E-state index in [0.717, 1.165) is 24.0 Å². The zero-order valence-corrected chi connectivity index (χ0v) is 16.6. The number of hydrogen-bond donors (Lipinski definition) is 1. The summed E-state index contributed by atoms with van der Waals surface area (Å²) in [5, 5.41) is 3.14. The fraction of sp³-hybridized carbons (Fsp3) is 0.417. The van der Waals surface area contributed by atoms with E-state index in [2.05, 4.69) is 5.32 Å².